The van der Waals surface area contributed by atoms with Gasteiger partial charge in [0.25, 0.3) is 0 Å². The molecular formula is C16H26N2O. The Labute approximate surface area is 116 Å². The van der Waals surface area contributed by atoms with E-state index in [0.29, 0.717) is 6.04 Å². The zero-order chi connectivity index (χ0) is 13.7. The molecule has 0 aromatic heterocycles. The molecule has 1 saturated heterocycles. The van der Waals surface area contributed by atoms with Crippen LogP contribution in [0.5, 0.6) is 5.75 Å². The summed E-state index contributed by atoms with van der Waals surface area (Å²) in [5.74, 6) is 1.73. The van der Waals surface area contributed by atoms with Crippen molar-refractivity contribution in [2.45, 2.75) is 32.9 Å². The number of hydrogen-bond donors (Lipinski definition) is 1. The average Bonchev–Trinajstić information content (AvgIpc) is 2.89. The van der Waals surface area contributed by atoms with Crippen molar-refractivity contribution in [2.24, 2.45) is 5.92 Å². The smallest absolute Gasteiger partial charge is 0.118 e. The van der Waals surface area contributed by atoms with Gasteiger partial charge in [0.15, 0.2) is 0 Å². The third-order valence-electron chi connectivity index (χ3n) is 3.97. The van der Waals surface area contributed by atoms with Gasteiger partial charge in [0.2, 0.25) is 0 Å². The van der Waals surface area contributed by atoms with Gasteiger partial charge in [-0.05, 0) is 57.0 Å². The number of nitrogens with zero attached hydrogens (tertiary/aromatic N) is 1. The Bertz CT molecular complexity index is 375. The third-order valence-corrected chi connectivity index (χ3v) is 3.97. The molecule has 0 amide bonds. The van der Waals surface area contributed by atoms with Crippen molar-refractivity contribution in [3.05, 3.63) is 29.8 Å². The monoisotopic (exact) mass is 262 g/mol. The summed E-state index contributed by atoms with van der Waals surface area (Å²) in [5, 5.41) is 3.57. The van der Waals surface area contributed by atoms with Crippen LogP contribution in [0.25, 0.3) is 0 Å². The normalized spacial score (nSPS) is 20.1. The fourth-order valence-electron chi connectivity index (χ4n) is 2.66. The quantitative estimate of drug-likeness (QED) is 0.852. The minimum absolute atomic E-state index is 0.687. The van der Waals surface area contributed by atoms with Crippen LogP contribution < -0.4 is 10.1 Å². The molecule has 0 bridgehead atoms. The summed E-state index contributed by atoms with van der Waals surface area (Å²) in [6.07, 6.45) is 1.33. The van der Waals surface area contributed by atoms with E-state index < -0.39 is 0 Å². The fraction of sp³-hybridized carbons (Fsp3) is 0.625. The van der Waals surface area contributed by atoms with E-state index >= 15 is 0 Å². The molecular weight excluding hydrogens is 236 g/mol. The van der Waals surface area contributed by atoms with Crippen LogP contribution in [0.15, 0.2) is 24.3 Å². The minimum Gasteiger partial charge on any atom is -0.497 e. The molecule has 1 heterocycles. The molecule has 1 aliphatic heterocycles. The number of benzene rings is 1. The molecule has 19 heavy (non-hydrogen) atoms. The molecule has 0 radical (unpaired) electrons. The maximum atomic E-state index is 5.16. The van der Waals surface area contributed by atoms with Crippen LogP contribution in [0.4, 0.5) is 0 Å². The SMILES string of the molecule is COc1ccc(CNCC2CCN(C(C)C)C2)cc1. The number of ether oxygens (including phenoxy) is 1. The Hall–Kier alpha value is -1.06. The van der Waals surface area contributed by atoms with Crippen molar-refractivity contribution >= 4 is 0 Å². The van der Waals surface area contributed by atoms with Crippen molar-refractivity contribution < 1.29 is 4.74 Å². The summed E-state index contributed by atoms with van der Waals surface area (Å²) >= 11 is 0. The highest BCUT2D eigenvalue weighted by Crippen LogP contribution is 2.18. The molecule has 0 spiro atoms. The van der Waals surface area contributed by atoms with Crippen LogP contribution in [0.2, 0.25) is 0 Å². The molecule has 2 rings (SSSR count). The van der Waals surface area contributed by atoms with Gasteiger partial charge in [-0.3, -0.25) is 0 Å². The van der Waals surface area contributed by atoms with Gasteiger partial charge in [0, 0.05) is 19.1 Å². The molecule has 1 fully saturated rings. The molecule has 1 aromatic carbocycles. The maximum Gasteiger partial charge on any atom is 0.118 e. The topological polar surface area (TPSA) is 24.5 Å². The first kappa shape index (κ1) is 14.4. The zero-order valence-electron chi connectivity index (χ0n) is 12.4. The predicted octanol–water partition coefficient (Wildman–Crippen LogP) is 2.52. The highest BCUT2D eigenvalue weighted by atomic mass is 16.5. The second-order valence-electron chi connectivity index (χ2n) is 5.72. The number of nitrogens with one attached hydrogen (secondary N) is 1. The molecule has 1 aliphatic rings. The van der Waals surface area contributed by atoms with Crippen molar-refractivity contribution in [1.82, 2.24) is 10.2 Å². The summed E-state index contributed by atoms with van der Waals surface area (Å²) in [6.45, 7) is 9.14. The van der Waals surface area contributed by atoms with E-state index in [9.17, 15) is 0 Å². The second-order valence-corrected chi connectivity index (χ2v) is 5.72. The molecule has 1 unspecified atom stereocenters. The van der Waals surface area contributed by atoms with Crippen LogP contribution in [0, 0.1) is 5.92 Å². The Morgan fingerprint density at radius 3 is 2.63 bits per heavy atom. The Morgan fingerprint density at radius 2 is 2.05 bits per heavy atom. The molecule has 1 N–H and O–H groups in total. The van der Waals surface area contributed by atoms with Gasteiger partial charge in [0.05, 0.1) is 7.11 Å². The first-order valence-electron chi connectivity index (χ1n) is 7.26. The van der Waals surface area contributed by atoms with E-state index in [1.165, 1.54) is 25.1 Å². The van der Waals surface area contributed by atoms with Gasteiger partial charge in [-0.2, -0.15) is 0 Å². The van der Waals surface area contributed by atoms with E-state index in [0.717, 1.165) is 24.8 Å². The van der Waals surface area contributed by atoms with Crippen molar-refractivity contribution in [3.63, 3.8) is 0 Å². The van der Waals surface area contributed by atoms with E-state index in [-0.39, 0.29) is 0 Å². The van der Waals surface area contributed by atoms with Gasteiger partial charge in [-0.1, -0.05) is 12.1 Å². The first-order valence-corrected chi connectivity index (χ1v) is 7.26. The van der Waals surface area contributed by atoms with E-state index in [2.05, 4.69) is 36.2 Å². The largest absolute Gasteiger partial charge is 0.497 e. The molecule has 1 atom stereocenters. The van der Waals surface area contributed by atoms with Gasteiger partial charge in [-0.15, -0.1) is 0 Å². The van der Waals surface area contributed by atoms with Crippen molar-refractivity contribution in [2.75, 3.05) is 26.7 Å². The lowest BCUT2D eigenvalue weighted by atomic mass is 10.1. The predicted molar refractivity (Wildman–Crippen MR) is 79.5 cm³/mol. The summed E-state index contributed by atoms with van der Waals surface area (Å²) < 4.78 is 5.16. The summed E-state index contributed by atoms with van der Waals surface area (Å²) in [4.78, 5) is 2.57. The lowest BCUT2D eigenvalue weighted by Crippen LogP contribution is -2.30. The number of rotatable bonds is 6. The summed E-state index contributed by atoms with van der Waals surface area (Å²) in [5.41, 5.74) is 1.32. The lowest BCUT2D eigenvalue weighted by Gasteiger charge is -2.20. The molecule has 0 aliphatic carbocycles. The van der Waals surface area contributed by atoms with E-state index in [1.807, 2.05) is 12.1 Å². The average molecular weight is 262 g/mol. The van der Waals surface area contributed by atoms with Crippen LogP contribution in [0.1, 0.15) is 25.8 Å². The van der Waals surface area contributed by atoms with E-state index in [1.54, 1.807) is 7.11 Å². The van der Waals surface area contributed by atoms with Gasteiger partial charge >= 0.3 is 0 Å². The highest BCUT2D eigenvalue weighted by molar-refractivity contribution is 5.26. The van der Waals surface area contributed by atoms with E-state index in [4.69, 9.17) is 4.74 Å². The van der Waals surface area contributed by atoms with Crippen LogP contribution in [-0.4, -0.2) is 37.7 Å². The second kappa shape index (κ2) is 6.92. The Kier molecular flexibility index (Phi) is 5.23. The standard InChI is InChI=1S/C16H26N2O/c1-13(2)18-9-8-15(12-18)11-17-10-14-4-6-16(19-3)7-5-14/h4-7,13,15,17H,8-12H2,1-3H3. The number of likely N-dealkylation sites (tertiary alicyclic amines) is 1. The van der Waals surface area contributed by atoms with Crippen LogP contribution in [0.3, 0.4) is 0 Å². The Morgan fingerprint density at radius 1 is 1.32 bits per heavy atom. The zero-order valence-corrected chi connectivity index (χ0v) is 12.4. The number of methoxy groups -OCH3 is 1. The third kappa shape index (κ3) is 4.22. The first-order chi connectivity index (χ1) is 9.19. The molecule has 0 saturated carbocycles. The Balaban J connectivity index is 1.69. The van der Waals surface area contributed by atoms with Gasteiger partial charge < -0.3 is 15.0 Å². The molecule has 1 aromatic rings. The number of hydrogen-bond acceptors (Lipinski definition) is 3. The summed E-state index contributed by atoms with van der Waals surface area (Å²) in [6, 6.07) is 8.98. The summed E-state index contributed by atoms with van der Waals surface area (Å²) in [7, 11) is 1.70. The molecule has 3 nitrogen and oxygen atoms in total. The van der Waals surface area contributed by atoms with Crippen LogP contribution >= 0.6 is 0 Å². The molecule has 3 heteroatoms. The van der Waals surface area contributed by atoms with Gasteiger partial charge in [0.1, 0.15) is 5.75 Å². The highest BCUT2D eigenvalue weighted by Gasteiger charge is 2.23. The lowest BCUT2D eigenvalue weighted by molar-refractivity contribution is 0.264. The maximum absolute atomic E-state index is 5.16. The minimum atomic E-state index is 0.687. The van der Waals surface area contributed by atoms with Crippen molar-refractivity contribution in [1.29, 1.82) is 0 Å². The fourth-order valence-corrected chi connectivity index (χ4v) is 2.66. The van der Waals surface area contributed by atoms with Gasteiger partial charge in [-0.25, -0.2) is 0 Å². The van der Waals surface area contributed by atoms with Crippen molar-refractivity contribution in [3.8, 4) is 5.75 Å². The van der Waals surface area contributed by atoms with Crippen LogP contribution in [-0.2, 0) is 6.54 Å². The molecule has 106 valence electrons.